The predicted octanol–water partition coefficient (Wildman–Crippen LogP) is 3.10. The highest BCUT2D eigenvalue weighted by molar-refractivity contribution is 5.85. The van der Waals surface area contributed by atoms with Crippen LogP contribution in [0.4, 0.5) is 0 Å². The molecule has 2 aromatic carbocycles. The maximum absolute atomic E-state index is 13.0. The molecule has 28 heavy (non-hydrogen) atoms. The number of nitrogens with zero attached hydrogens (tertiary/aromatic N) is 1. The van der Waals surface area contributed by atoms with Crippen LogP contribution in [0, 0.1) is 12.8 Å². The summed E-state index contributed by atoms with van der Waals surface area (Å²) in [5.41, 5.74) is 3.99. The number of rotatable bonds is 6. The van der Waals surface area contributed by atoms with E-state index in [9.17, 15) is 9.59 Å². The third-order valence-corrected chi connectivity index (χ3v) is 5.48. The molecule has 1 aliphatic heterocycles. The van der Waals surface area contributed by atoms with Gasteiger partial charge in [0.05, 0.1) is 18.6 Å². The van der Waals surface area contributed by atoms with Crippen LogP contribution < -0.4 is 5.32 Å². The molecule has 0 saturated carbocycles. The zero-order valence-corrected chi connectivity index (χ0v) is 16.5. The average molecular weight is 380 g/mol. The molecule has 0 aromatic heterocycles. The third kappa shape index (κ3) is 4.42. The molecule has 5 heteroatoms. The number of hydrogen-bond acceptors (Lipinski definition) is 3. The Bertz CT molecular complexity index is 815. The SMILES string of the molecule is CCN1C(=O)CC[C@@H](C(=O)NCc2ccc(CO)cc2)[C@@H]1c1ccc(C)cc1. The molecular weight excluding hydrogens is 352 g/mol. The van der Waals surface area contributed by atoms with Crippen molar-refractivity contribution in [1.29, 1.82) is 0 Å². The second-order valence-electron chi connectivity index (χ2n) is 7.37. The van der Waals surface area contributed by atoms with Crippen LogP contribution in [0.25, 0.3) is 0 Å². The van der Waals surface area contributed by atoms with E-state index in [1.807, 2.05) is 67.3 Å². The Hall–Kier alpha value is -2.66. The summed E-state index contributed by atoms with van der Waals surface area (Å²) < 4.78 is 0. The fraction of sp³-hybridized carbons (Fsp3) is 0.391. The number of aryl methyl sites for hydroxylation is 1. The number of carbonyl (C=O) groups excluding carboxylic acids is 2. The van der Waals surface area contributed by atoms with Crippen molar-refractivity contribution < 1.29 is 14.7 Å². The number of benzene rings is 2. The standard InChI is InChI=1S/C23H28N2O3/c1-3-25-21(27)13-12-20(22(25)19-10-4-16(2)5-11-19)23(28)24-14-17-6-8-18(15-26)9-7-17/h4-11,20,22,26H,3,12-15H2,1-2H3,(H,24,28)/t20-,22+/m1/s1. The number of aliphatic hydroxyl groups is 1. The van der Waals surface area contributed by atoms with Gasteiger partial charge in [0.15, 0.2) is 0 Å². The van der Waals surface area contributed by atoms with Gasteiger partial charge in [-0.3, -0.25) is 9.59 Å². The lowest BCUT2D eigenvalue weighted by molar-refractivity contribution is -0.143. The van der Waals surface area contributed by atoms with E-state index in [0.717, 1.165) is 22.3 Å². The Morgan fingerprint density at radius 1 is 1.11 bits per heavy atom. The minimum absolute atomic E-state index is 0.00776. The molecule has 0 unspecified atom stereocenters. The Kier molecular flexibility index (Phi) is 6.47. The van der Waals surface area contributed by atoms with Crippen LogP contribution in [-0.4, -0.2) is 28.4 Å². The van der Waals surface area contributed by atoms with Crippen LogP contribution in [0.2, 0.25) is 0 Å². The number of hydrogen-bond donors (Lipinski definition) is 2. The van der Waals surface area contributed by atoms with Gasteiger partial charge < -0.3 is 15.3 Å². The van der Waals surface area contributed by atoms with Crippen molar-refractivity contribution >= 4 is 11.8 Å². The molecular formula is C23H28N2O3. The predicted molar refractivity (Wildman–Crippen MR) is 108 cm³/mol. The number of nitrogens with one attached hydrogen (secondary N) is 1. The highest BCUT2D eigenvalue weighted by Gasteiger charge is 2.39. The van der Waals surface area contributed by atoms with Crippen LogP contribution in [0.15, 0.2) is 48.5 Å². The third-order valence-electron chi connectivity index (χ3n) is 5.48. The maximum atomic E-state index is 13.0. The first-order chi connectivity index (χ1) is 13.5. The van der Waals surface area contributed by atoms with E-state index in [0.29, 0.717) is 25.9 Å². The summed E-state index contributed by atoms with van der Waals surface area (Å²) in [7, 11) is 0. The number of amides is 2. The van der Waals surface area contributed by atoms with Gasteiger partial charge in [0.2, 0.25) is 11.8 Å². The molecule has 2 N–H and O–H groups in total. The molecule has 1 heterocycles. The summed E-state index contributed by atoms with van der Waals surface area (Å²) >= 11 is 0. The van der Waals surface area contributed by atoms with Crippen molar-refractivity contribution in [1.82, 2.24) is 10.2 Å². The van der Waals surface area contributed by atoms with Gasteiger partial charge in [0.1, 0.15) is 0 Å². The zero-order chi connectivity index (χ0) is 20.1. The van der Waals surface area contributed by atoms with Crippen molar-refractivity contribution in [2.24, 2.45) is 5.92 Å². The lowest BCUT2D eigenvalue weighted by Crippen LogP contribution is -2.47. The van der Waals surface area contributed by atoms with Crippen molar-refractivity contribution in [3.05, 3.63) is 70.8 Å². The van der Waals surface area contributed by atoms with Gasteiger partial charge in [-0.1, -0.05) is 54.1 Å². The van der Waals surface area contributed by atoms with Crippen LogP contribution in [0.5, 0.6) is 0 Å². The monoisotopic (exact) mass is 380 g/mol. The van der Waals surface area contributed by atoms with E-state index in [2.05, 4.69) is 5.32 Å². The van der Waals surface area contributed by atoms with Crippen LogP contribution in [-0.2, 0) is 22.7 Å². The topological polar surface area (TPSA) is 69.6 Å². The average Bonchev–Trinajstić information content (AvgIpc) is 2.72. The van der Waals surface area contributed by atoms with Gasteiger partial charge in [-0.05, 0) is 37.0 Å². The smallest absolute Gasteiger partial charge is 0.225 e. The first-order valence-electron chi connectivity index (χ1n) is 9.86. The summed E-state index contributed by atoms with van der Waals surface area (Å²) in [5.74, 6) is -0.184. The lowest BCUT2D eigenvalue weighted by Gasteiger charge is -2.40. The van der Waals surface area contributed by atoms with Crippen molar-refractivity contribution in [3.63, 3.8) is 0 Å². The Morgan fingerprint density at radius 3 is 2.36 bits per heavy atom. The van der Waals surface area contributed by atoms with Crippen molar-refractivity contribution in [2.45, 2.75) is 45.9 Å². The molecule has 0 spiro atoms. The van der Waals surface area contributed by atoms with Gasteiger partial charge in [0.25, 0.3) is 0 Å². The fourth-order valence-corrected chi connectivity index (χ4v) is 3.86. The van der Waals surface area contributed by atoms with Gasteiger partial charge in [-0.2, -0.15) is 0 Å². The summed E-state index contributed by atoms with van der Waals surface area (Å²) in [6.07, 6.45) is 0.961. The molecule has 2 amide bonds. The summed E-state index contributed by atoms with van der Waals surface area (Å²) in [4.78, 5) is 27.3. The molecule has 1 aliphatic rings. The van der Waals surface area contributed by atoms with Gasteiger partial charge in [-0.25, -0.2) is 0 Å². The fourth-order valence-electron chi connectivity index (χ4n) is 3.86. The van der Waals surface area contributed by atoms with E-state index in [1.54, 1.807) is 0 Å². The molecule has 0 aliphatic carbocycles. The maximum Gasteiger partial charge on any atom is 0.225 e. The minimum atomic E-state index is -0.267. The van der Waals surface area contributed by atoms with E-state index < -0.39 is 0 Å². The summed E-state index contributed by atoms with van der Waals surface area (Å²) in [6, 6.07) is 15.4. The first kappa shape index (κ1) is 20.1. The quantitative estimate of drug-likeness (QED) is 0.809. The molecule has 148 valence electrons. The molecule has 0 radical (unpaired) electrons. The Balaban J connectivity index is 1.77. The molecule has 2 atom stereocenters. The van der Waals surface area contributed by atoms with Gasteiger partial charge >= 0.3 is 0 Å². The second kappa shape index (κ2) is 9.02. The largest absolute Gasteiger partial charge is 0.392 e. The second-order valence-corrected chi connectivity index (χ2v) is 7.37. The van der Waals surface area contributed by atoms with E-state index in [4.69, 9.17) is 5.11 Å². The lowest BCUT2D eigenvalue weighted by atomic mass is 9.83. The number of carbonyl (C=O) groups is 2. The first-order valence-corrected chi connectivity index (χ1v) is 9.86. The normalized spacial score (nSPS) is 19.5. The Morgan fingerprint density at radius 2 is 1.75 bits per heavy atom. The molecule has 2 aromatic rings. The molecule has 5 nitrogen and oxygen atoms in total. The minimum Gasteiger partial charge on any atom is -0.392 e. The number of aliphatic hydroxyl groups excluding tert-OH is 1. The highest BCUT2D eigenvalue weighted by atomic mass is 16.3. The van der Waals surface area contributed by atoms with Crippen LogP contribution in [0.3, 0.4) is 0 Å². The number of piperidine rings is 1. The highest BCUT2D eigenvalue weighted by Crippen LogP contribution is 2.36. The zero-order valence-electron chi connectivity index (χ0n) is 16.5. The van der Waals surface area contributed by atoms with E-state index >= 15 is 0 Å². The van der Waals surface area contributed by atoms with Crippen molar-refractivity contribution in [3.8, 4) is 0 Å². The summed E-state index contributed by atoms with van der Waals surface area (Å²) in [5, 5.41) is 12.2. The van der Waals surface area contributed by atoms with Crippen LogP contribution in [0.1, 0.15) is 48.1 Å². The molecule has 3 rings (SSSR count). The van der Waals surface area contributed by atoms with Crippen LogP contribution >= 0.6 is 0 Å². The molecule has 1 saturated heterocycles. The van der Waals surface area contributed by atoms with E-state index in [-0.39, 0.29) is 30.4 Å². The van der Waals surface area contributed by atoms with Gasteiger partial charge in [0, 0.05) is 19.5 Å². The van der Waals surface area contributed by atoms with Crippen molar-refractivity contribution in [2.75, 3.05) is 6.54 Å². The number of likely N-dealkylation sites (tertiary alicyclic amines) is 1. The molecule has 0 bridgehead atoms. The van der Waals surface area contributed by atoms with E-state index in [1.165, 1.54) is 0 Å². The summed E-state index contributed by atoms with van der Waals surface area (Å²) in [6.45, 7) is 5.01. The molecule has 1 fully saturated rings. The Labute approximate surface area is 166 Å². The van der Waals surface area contributed by atoms with Gasteiger partial charge in [-0.15, -0.1) is 0 Å².